The molecule has 0 rings (SSSR count). The average molecular weight is 178 g/mol. The highest BCUT2D eigenvalue weighted by atomic mass is 16.4. The molecule has 0 bridgehead atoms. The van der Waals surface area contributed by atoms with Crippen LogP contribution in [0.1, 0.15) is 27.2 Å². The quantitative estimate of drug-likeness (QED) is 0.529. The normalized spacial score (nSPS) is 9.67. The topological polar surface area (TPSA) is 94.8 Å². The van der Waals surface area contributed by atoms with Gasteiger partial charge in [-0.15, -0.1) is 0 Å². The first-order chi connectivity index (χ1) is 5.13. The predicted octanol–water partition coefficient (Wildman–Crippen LogP) is 0.323. The van der Waals surface area contributed by atoms with E-state index in [9.17, 15) is 9.59 Å². The Bertz CT molecular complexity index is 138. The highest BCUT2D eigenvalue weighted by molar-refractivity contribution is 5.88. The minimum Gasteiger partial charge on any atom is -0.481 e. The number of aliphatic hydroxyl groups is 1. The number of aliphatic carboxylic acids is 2. The molecule has 0 aromatic carbocycles. The predicted molar refractivity (Wildman–Crippen MR) is 41.9 cm³/mol. The van der Waals surface area contributed by atoms with E-state index in [2.05, 4.69) is 0 Å². The lowest BCUT2D eigenvalue weighted by molar-refractivity contribution is -0.147. The van der Waals surface area contributed by atoms with E-state index in [0.717, 1.165) is 0 Å². The van der Waals surface area contributed by atoms with Gasteiger partial charge in [-0.1, -0.05) is 0 Å². The van der Waals surface area contributed by atoms with Gasteiger partial charge < -0.3 is 15.3 Å². The van der Waals surface area contributed by atoms with E-state index >= 15 is 0 Å². The second-order valence-corrected chi connectivity index (χ2v) is 3.14. The molecular weight excluding hydrogens is 164 g/mol. The van der Waals surface area contributed by atoms with Crippen LogP contribution in [-0.2, 0) is 9.59 Å². The molecule has 0 aliphatic carbocycles. The molecule has 0 radical (unpaired) electrons. The van der Waals surface area contributed by atoms with Crippen LogP contribution in [0.4, 0.5) is 0 Å². The summed E-state index contributed by atoms with van der Waals surface area (Å²) in [6.45, 7) is 5.23. The van der Waals surface area contributed by atoms with E-state index in [-0.39, 0.29) is 0 Å². The van der Waals surface area contributed by atoms with Gasteiger partial charge in [0.05, 0.1) is 5.60 Å². The van der Waals surface area contributed by atoms with Crippen molar-refractivity contribution in [3.63, 3.8) is 0 Å². The Morgan fingerprint density at radius 2 is 1.25 bits per heavy atom. The highest BCUT2D eigenvalue weighted by Crippen LogP contribution is 1.93. The Kier molecular flexibility index (Phi) is 6.22. The molecule has 0 fully saturated rings. The Labute approximate surface area is 70.6 Å². The van der Waals surface area contributed by atoms with Crippen molar-refractivity contribution < 1.29 is 24.9 Å². The smallest absolute Gasteiger partial charge is 0.314 e. The lowest BCUT2D eigenvalue weighted by atomic mass is 10.2. The van der Waals surface area contributed by atoms with Gasteiger partial charge in [0.1, 0.15) is 6.42 Å². The maximum absolute atomic E-state index is 9.43. The summed E-state index contributed by atoms with van der Waals surface area (Å²) >= 11 is 0. The van der Waals surface area contributed by atoms with Gasteiger partial charge in [0.15, 0.2) is 0 Å². The number of rotatable bonds is 2. The van der Waals surface area contributed by atoms with Crippen LogP contribution in [0.2, 0.25) is 0 Å². The van der Waals surface area contributed by atoms with Crippen LogP contribution in [0.5, 0.6) is 0 Å². The van der Waals surface area contributed by atoms with E-state index < -0.39 is 24.0 Å². The summed E-state index contributed by atoms with van der Waals surface area (Å²) in [5, 5.41) is 23.9. The van der Waals surface area contributed by atoms with Gasteiger partial charge in [-0.25, -0.2) is 0 Å². The number of hydrogen-bond acceptors (Lipinski definition) is 3. The Hall–Kier alpha value is -1.10. The third-order valence-electron chi connectivity index (χ3n) is 0.302. The van der Waals surface area contributed by atoms with Gasteiger partial charge in [-0.3, -0.25) is 9.59 Å². The van der Waals surface area contributed by atoms with Crippen LogP contribution in [0.3, 0.4) is 0 Å². The van der Waals surface area contributed by atoms with Crippen molar-refractivity contribution in [3.8, 4) is 0 Å². The minimum atomic E-state index is -1.31. The van der Waals surface area contributed by atoms with E-state index in [1.165, 1.54) is 0 Å². The molecule has 0 saturated carbocycles. The molecule has 0 amide bonds. The third kappa shape index (κ3) is 66.0. The van der Waals surface area contributed by atoms with Crippen LogP contribution >= 0.6 is 0 Å². The summed E-state index contributed by atoms with van der Waals surface area (Å²) in [5.41, 5.74) is -0.500. The molecule has 72 valence electrons. The molecule has 0 saturated heterocycles. The van der Waals surface area contributed by atoms with Crippen LogP contribution < -0.4 is 0 Å². The van der Waals surface area contributed by atoms with Crippen molar-refractivity contribution in [1.82, 2.24) is 0 Å². The van der Waals surface area contributed by atoms with Crippen LogP contribution in [0, 0.1) is 0 Å². The fourth-order valence-corrected chi connectivity index (χ4v) is 0.129. The van der Waals surface area contributed by atoms with Gasteiger partial charge >= 0.3 is 11.9 Å². The first-order valence-electron chi connectivity index (χ1n) is 3.29. The summed E-state index contributed by atoms with van der Waals surface area (Å²) in [5.74, 6) is -2.62. The lowest BCUT2D eigenvalue weighted by Crippen LogP contribution is -2.10. The van der Waals surface area contributed by atoms with Crippen LogP contribution in [0.25, 0.3) is 0 Å². The second kappa shape index (κ2) is 5.54. The molecule has 3 N–H and O–H groups in total. The molecule has 0 aromatic rings. The SMILES string of the molecule is CC(C)(C)O.O=C(O)CC(=O)O. The van der Waals surface area contributed by atoms with Crippen molar-refractivity contribution in [3.05, 3.63) is 0 Å². The van der Waals surface area contributed by atoms with Gasteiger partial charge in [-0.2, -0.15) is 0 Å². The lowest BCUT2D eigenvalue weighted by Gasteiger charge is -2.04. The summed E-state index contributed by atoms with van der Waals surface area (Å²) < 4.78 is 0. The summed E-state index contributed by atoms with van der Waals surface area (Å²) in [4.78, 5) is 18.9. The van der Waals surface area contributed by atoms with E-state index in [4.69, 9.17) is 15.3 Å². The van der Waals surface area contributed by atoms with Gasteiger partial charge in [0.25, 0.3) is 0 Å². The molecule has 5 nitrogen and oxygen atoms in total. The van der Waals surface area contributed by atoms with E-state index in [1.54, 1.807) is 20.8 Å². The van der Waals surface area contributed by atoms with Crippen LogP contribution in [-0.4, -0.2) is 32.9 Å². The molecule has 0 aliphatic heterocycles. The number of carboxylic acids is 2. The standard InChI is InChI=1S/C4H10O.C3H4O4/c1-4(2,3)5;4-2(5)1-3(6)7/h5H,1-3H3;1H2,(H,4,5)(H,6,7). The largest absolute Gasteiger partial charge is 0.481 e. The highest BCUT2D eigenvalue weighted by Gasteiger charge is 2.01. The van der Waals surface area contributed by atoms with Gasteiger partial charge in [0, 0.05) is 0 Å². The molecule has 5 heteroatoms. The maximum Gasteiger partial charge on any atom is 0.314 e. The van der Waals surface area contributed by atoms with E-state index in [0.29, 0.717) is 0 Å². The molecule has 12 heavy (non-hydrogen) atoms. The molecule has 0 atom stereocenters. The molecule has 0 heterocycles. The van der Waals surface area contributed by atoms with Gasteiger partial charge in [0.2, 0.25) is 0 Å². The minimum absolute atomic E-state index is 0.500. The fourth-order valence-electron chi connectivity index (χ4n) is 0.129. The first-order valence-corrected chi connectivity index (χ1v) is 3.29. The zero-order chi connectivity index (χ0) is 10.4. The van der Waals surface area contributed by atoms with Crippen molar-refractivity contribution in [2.24, 2.45) is 0 Å². The molecular formula is C7H14O5. The molecule has 0 spiro atoms. The third-order valence-corrected chi connectivity index (χ3v) is 0.302. The Balaban J connectivity index is 0. The summed E-state index contributed by atoms with van der Waals surface area (Å²) in [6.07, 6.45) is -0.806. The van der Waals surface area contributed by atoms with Crippen molar-refractivity contribution in [2.45, 2.75) is 32.8 Å². The van der Waals surface area contributed by atoms with Crippen molar-refractivity contribution >= 4 is 11.9 Å². The monoisotopic (exact) mass is 178 g/mol. The summed E-state index contributed by atoms with van der Waals surface area (Å²) in [6, 6.07) is 0. The maximum atomic E-state index is 9.43. The van der Waals surface area contributed by atoms with E-state index in [1.807, 2.05) is 0 Å². The van der Waals surface area contributed by atoms with Gasteiger partial charge in [-0.05, 0) is 20.8 Å². The zero-order valence-corrected chi connectivity index (χ0v) is 7.37. The van der Waals surface area contributed by atoms with Crippen molar-refractivity contribution in [2.75, 3.05) is 0 Å². The first kappa shape index (κ1) is 13.5. The van der Waals surface area contributed by atoms with Crippen molar-refractivity contribution in [1.29, 1.82) is 0 Å². The number of carbonyl (C=O) groups is 2. The number of hydrogen-bond donors (Lipinski definition) is 3. The fraction of sp³-hybridized carbons (Fsp3) is 0.714. The molecule has 0 unspecified atom stereocenters. The second-order valence-electron chi connectivity index (χ2n) is 3.14. The average Bonchev–Trinajstić information content (AvgIpc) is 1.52. The summed E-state index contributed by atoms with van der Waals surface area (Å²) in [7, 11) is 0. The Morgan fingerprint density at radius 3 is 1.25 bits per heavy atom. The Morgan fingerprint density at radius 1 is 1.08 bits per heavy atom. The molecule has 0 aromatic heterocycles. The number of carboxylic acid groups (broad SMARTS) is 2. The van der Waals surface area contributed by atoms with Crippen LogP contribution in [0.15, 0.2) is 0 Å². The molecule has 0 aliphatic rings. The zero-order valence-electron chi connectivity index (χ0n) is 7.37.